The smallest absolute Gasteiger partial charge is 0.162 e. The second kappa shape index (κ2) is 14.3. The van der Waals surface area contributed by atoms with Crippen LogP contribution in [0.4, 0.5) is 8.78 Å². The van der Waals surface area contributed by atoms with Gasteiger partial charge in [-0.1, -0.05) is 38.1 Å². The fourth-order valence-corrected chi connectivity index (χ4v) is 4.57. The first kappa shape index (κ1) is 31.1. The summed E-state index contributed by atoms with van der Waals surface area (Å²) in [7, 11) is 0. The first-order valence-corrected chi connectivity index (χ1v) is 13.5. The van der Waals surface area contributed by atoms with Crippen molar-refractivity contribution >= 4 is 11.6 Å². The molecule has 0 saturated carbocycles. The summed E-state index contributed by atoms with van der Waals surface area (Å²) in [6, 6.07) is 9.47. The lowest BCUT2D eigenvalue weighted by Gasteiger charge is -2.25. The van der Waals surface area contributed by atoms with Gasteiger partial charge in [0.1, 0.15) is 29.8 Å². The number of nitrogens with zero attached hydrogens (tertiary/aromatic N) is 2. The van der Waals surface area contributed by atoms with Crippen molar-refractivity contribution in [2.45, 2.75) is 77.0 Å². The number of ketones is 2. The van der Waals surface area contributed by atoms with Crippen LogP contribution in [0.15, 0.2) is 61.2 Å². The molecule has 5 N–H and O–H groups in total. The standard InChI is InChI=1S/C31H38F2N4O3/c1-31(2,11-9-26(38)16-25(34)15-22-14-24(32)7-8-27(22)33)12-10-29(39)30(40)28(35)13-20-3-5-21(6-4-20)23-17-36-19-37-18-23/h3-8,14,17-19,25,28,30,40H,9-13,15-16,34-35H2,1-2H3. The van der Waals surface area contributed by atoms with Gasteiger partial charge in [-0.05, 0) is 66.0 Å². The topological polar surface area (TPSA) is 132 Å². The number of hydrogen-bond donors (Lipinski definition) is 3. The van der Waals surface area contributed by atoms with Gasteiger partial charge >= 0.3 is 0 Å². The number of carbonyl (C=O) groups is 2. The van der Waals surface area contributed by atoms with E-state index in [1.165, 1.54) is 6.33 Å². The van der Waals surface area contributed by atoms with Crippen molar-refractivity contribution in [2.24, 2.45) is 16.9 Å². The summed E-state index contributed by atoms with van der Waals surface area (Å²) < 4.78 is 27.2. The Morgan fingerprint density at radius 2 is 1.57 bits per heavy atom. The van der Waals surface area contributed by atoms with Gasteiger partial charge in [0.25, 0.3) is 0 Å². The highest BCUT2D eigenvalue weighted by atomic mass is 19.1. The molecule has 1 heterocycles. The normalized spacial score (nSPS) is 14.0. The molecule has 0 aliphatic rings. The number of aliphatic hydroxyl groups excluding tert-OH is 1. The molecule has 7 nitrogen and oxygen atoms in total. The van der Waals surface area contributed by atoms with Crippen LogP contribution in [0.2, 0.25) is 0 Å². The zero-order valence-electron chi connectivity index (χ0n) is 23.0. The molecular weight excluding hydrogens is 514 g/mol. The van der Waals surface area contributed by atoms with E-state index in [2.05, 4.69) is 9.97 Å². The van der Waals surface area contributed by atoms with E-state index in [4.69, 9.17) is 11.5 Å². The Kier molecular flexibility index (Phi) is 11.1. The summed E-state index contributed by atoms with van der Waals surface area (Å²) in [4.78, 5) is 33.2. The van der Waals surface area contributed by atoms with Crippen molar-refractivity contribution in [3.63, 3.8) is 0 Å². The van der Waals surface area contributed by atoms with Crippen LogP contribution in [0.5, 0.6) is 0 Å². The second-order valence-corrected chi connectivity index (χ2v) is 11.2. The average molecular weight is 553 g/mol. The highest BCUT2D eigenvalue weighted by Gasteiger charge is 2.27. The molecule has 0 fully saturated rings. The van der Waals surface area contributed by atoms with Gasteiger partial charge in [-0.25, -0.2) is 18.7 Å². The minimum absolute atomic E-state index is 0.0542. The number of benzene rings is 2. The van der Waals surface area contributed by atoms with Gasteiger partial charge in [0.15, 0.2) is 5.78 Å². The third-order valence-electron chi connectivity index (χ3n) is 7.16. The van der Waals surface area contributed by atoms with Crippen LogP contribution in [0.3, 0.4) is 0 Å². The molecule has 9 heteroatoms. The quantitative estimate of drug-likeness (QED) is 0.256. The van der Waals surface area contributed by atoms with Crippen molar-refractivity contribution in [3.05, 3.63) is 83.9 Å². The predicted molar refractivity (Wildman–Crippen MR) is 150 cm³/mol. The molecule has 0 radical (unpaired) electrons. The van der Waals surface area contributed by atoms with E-state index in [9.17, 15) is 23.5 Å². The van der Waals surface area contributed by atoms with Gasteiger partial charge < -0.3 is 16.6 Å². The van der Waals surface area contributed by atoms with Crippen molar-refractivity contribution in [1.82, 2.24) is 9.97 Å². The molecule has 0 spiro atoms. The summed E-state index contributed by atoms with van der Waals surface area (Å²) in [6.07, 6.45) is 5.50. The Morgan fingerprint density at radius 1 is 0.925 bits per heavy atom. The Hall–Kier alpha value is -3.40. The number of carbonyl (C=O) groups excluding carboxylic acids is 2. The van der Waals surface area contributed by atoms with Gasteiger partial charge in [-0.3, -0.25) is 9.59 Å². The summed E-state index contributed by atoms with van der Waals surface area (Å²) in [5.74, 6) is -1.50. The van der Waals surface area contributed by atoms with E-state index in [0.717, 1.165) is 34.9 Å². The highest BCUT2D eigenvalue weighted by molar-refractivity contribution is 5.83. The van der Waals surface area contributed by atoms with E-state index in [1.54, 1.807) is 12.4 Å². The number of Topliss-reactive ketones (excluding diaryl/α,β-unsaturated/α-hetero) is 2. The zero-order valence-corrected chi connectivity index (χ0v) is 23.0. The van der Waals surface area contributed by atoms with Crippen LogP contribution in [0.1, 0.15) is 57.1 Å². The Bertz CT molecular complexity index is 1270. The molecule has 214 valence electrons. The summed E-state index contributed by atoms with van der Waals surface area (Å²) in [5, 5.41) is 10.5. The number of hydrogen-bond acceptors (Lipinski definition) is 7. The van der Waals surface area contributed by atoms with Crippen LogP contribution in [-0.2, 0) is 22.4 Å². The van der Waals surface area contributed by atoms with Gasteiger partial charge in [0.05, 0.1) is 0 Å². The Balaban J connectivity index is 1.40. The fraction of sp³-hybridized carbons (Fsp3) is 0.419. The van der Waals surface area contributed by atoms with Crippen molar-refractivity contribution in [1.29, 1.82) is 0 Å². The van der Waals surface area contributed by atoms with Gasteiger partial charge in [-0.2, -0.15) is 0 Å². The summed E-state index contributed by atoms with van der Waals surface area (Å²) in [6.45, 7) is 3.92. The summed E-state index contributed by atoms with van der Waals surface area (Å²) in [5.41, 5.74) is 14.7. The van der Waals surface area contributed by atoms with Crippen molar-refractivity contribution < 1.29 is 23.5 Å². The monoisotopic (exact) mass is 552 g/mol. The van der Waals surface area contributed by atoms with Gasteiger partial charge in [-0.15, -0.1) is 0 Å². The lowest BCUT2D eigenvalue weighted by Crippen LogP contribution is -2.42. The largest absolute Gasteiger partial charge is 0.384 e. The lowest BCUT2D eigenvalue weighted by atomic mass is 9.80. The van der Waals surface area contributed by atoms with E-state index < -0.39 is 29.8 Å². The molecule has 0 aliphatic carbocycles. The number of halogens is 2. The van der Waals surface area contributed by atoms with Crippen LogP contribution in [0.25, 0.3) is 11.1 Å². The molecule has 0 aliphatic heterocycles. The molecule has 3 unspecified atom stereocenters. The second-order valence-electron chi connectivity index (χ2n) is 11.2. The van der Waals surface area contributed by atoms with E-state index in [0.29, 0.717) is 19.3 Å². The molecule has 3 atom stereocenters. The third kappa shape index (κ3) is 9.66. The van der Waals surface area contributed by atoms with E-state index in [1.807, 2.05) is 38.1 Å². The highest BCUT2D eigenvalue weighted by Crippen LogP contribution is 2.29. The third-order valence-corrected chi connectivity index (χ3v) is 7.16. The molecule has 1 aromatic heterocycles. The molecule has 0 amide bonds. The maximum absolute atomic E-state index is 13.8. The van der Waals surface area contributed by atoms with Gasteiger partial charge in [0, 0.05) is 49.3 Å². The van der Waals surface area contributed by atoms with Crippen LogP contribution in [-0.4, -0.2) is 44.8 Å². The number of rotatable bonds is 15. The molecule has 0 saturated heterocycles. The molecule has 3 rings (SSSR count). The predicted octanol–water partition coefficient (Wildman–Crippen LogP) is 4.34. The molecule has 40 heavy (non-hydrogen) atoms. The fourth-order valence-electron chi connectivity index (χ4n) is 4.57. The maximum atomic E-state index is 13.8. The number of aromatic nitrogens is 2. The minimum Gasteiger partial charge on any atom is -0.384 e. The first-order valence-electron chi connectivity index (χ1n) is 13.5. The minimum atomic E-state index is -1.29. The molecule has 3 aromatic rings. The van der Waals surface area contributed by atoms with Gasteiger partial charge in [0.2, 0.25) is 0 Å². The Morgan fingerprint density at radius 3 is 2.25 bits per heavy atom. The molecular formula is C31H38F2N4O3. The first-order chi connectivity index (χ1) is 18.9. The van der Waals surface area contributed by atoms with Crippen molar-refractivity contribution in [3.8, 4) is 11.1 Å². The van der Waals surface area contributed by atoms with Crippen LogP contribution >= 0.6 is 0 Å². The lowest BCUT2D eigenvalue weighted by molar-refractivity contribution is -0.128. The maximum Gasteiger partial charge on any atom is 0.162 e. The van der Waals surface area contributed by atoms with E-state index in [-0.39, 0.29) is 48.2 Å². The zero-order chi connectivity index (χ0) is 29.3. The number of aliphatic hydroxyl groups is 1. The van der Waals surface area contributed by atoms with Crippen LogP contribution in [0, 0.1) is 17.0 Å². The van der Waals surface area contributed by atoms with Crippen LogP contribution < -0.4 is 11.5 Å². The molecule has 0 bridgehead atoms. The van der Waals surface area contributed by atoms with Crippen molar-refractivity contribution in [2.75, 3.05) is 0 Å². The Labute approximate surface area is 234 Å². The SMILES string of the molecule is CC(C)(CCC(=O)CC(N)Cc1cc(F)ccc1F)CCC(=O)C(O)C(N)Cc1ccc(-c2cncnc2)cc1. The summed E-state index contributed by atoms with van der Waals surface area (Å²) >= 11 is 0. The van der Waals surface area contributed by atoms with E-state index >= 15 is 0 Å². The molecule has 2 aromatic carbocycles. The number of nitrogens with two attached hydrogens (primary N) is 2. The average Bonchev–Trinajstić information content (AvgIpc) is 2.93.